The number of unbranched alkanes of at least 4 members (excludes halogenated alkanes) is 8. The number of rotatable bonds is 14. The summed E-state index contributed by atoms with van der Waals surface area (Å²) in [6.45, 7) is 2.44. The lowest BCUT2D eigenvalue weighted by molar-refractivity contribution is -0.145. The van der Waals surface area contributed by atoms with Crippen molar-refractivity contribution < 1.29 is 19.8 Å². The number of ketones is 1. The van der Waals surface area contributed by atoms with E-state index in [1.54, 1.807) is 0 Å². The number of hydrogen-bond donors (Lipinski definition) is 2. The molecule has 0 saturated heterocycles. The van der Waals surface area contributed by atoms with E-state index in [0.29, 0.717) is 6.42 Å². The van der Waals surface area contributed by atoms with Crippen molar-refractivity contribution >= 4 is 11.8 Å². The van der Waals surface area contributed by atoms with Crippen LogP contribution in [-0.4, -0.2) is 28.6 Å². The predicted molar refractivity (Wildman–Crippen MR) is 95.9 cm³/mol. The highest BCUT2D eigenvalue weighted by Crippen LogP contribution is 2.39. The molecule has 0 radical (unpaired) electrons. The number of carboxylic acid groups (broad SMARTS) is 1. The molecule has 1 aliphatic carbocycles. The summed E-state index contributed by atoms with van der Waals surface area (Å²) in [5.74, 6) is -1.51. The van der Waals surface area contributed by atoms with Gasteiger partial charge < -0.3 is 10.2 Å². The Bertz CT molecular complexity index is 367. The minimum absolute atomic E-state index is 0.0272. The average molecular weight is 341 g/mol. The topological polar surface area (TPSA) is 74.6 Å². The van der Waals surface area contributed by atoms with Gasteiger partial charge in [-0.2, -0.15) is 0 Å². The molecule has 0 aromatic heterocycles. The lowest BCUT2D eigenvalue weighted by atomic mass is 9.86. The number of carboxylic acids is 1. The third-order valence-corrected chi connectivity index (χ3v) is 5.47. The van der Waals surface area contributed by atoms with E-state index < -0.39 is 11.9 Å². The highest BCUT2D eigenvalue weighted by Gasteiger charge is 2.44. The van der Waals surface area contributed by atoms with Gasteiger partial charge in [-0.25, -0.2) is 0 Å². The van der Waals surface area contributed by atoms with Crippen LogP contribution in [0.25, 0.3) is 0 Å². The maximum absolute atomic E-state index is 12.4. The fourth-order valence-corrected chi connectivity index (χ4v) is 4.01. The van der Waals surface area contributed by atoms with Gasteiger partial charge in [0.15, 0.2) is 0 Å². The van der Waals surface area contributed by atoms with Gasteiger partial charge in [0.1, 0.15) is 11.7 Å². The molecule has 2 N–H and O–H groups in total. The first-order valence-electron chi connectivity index (χ1n) is 9.99. The van der Waals surface area contributed by atoms with E-state index in [2.05, 4.69) is 6.92 Å². The van der Waals surface area contributed by atoms with Gasteiger partial charge in [-0.15, -0.1) is 0 Å². The second-order valence-electron chi connectivity index (χ2n) is 7.38. The van der Waals surface area contributed by atoms with E-state index in [1.807, 2.05) is 0 Å². The summed E-state index contributed by atoms with van der Waals surface area (Å²) >= 11 is 0. The van der Waals surface area contributed by atoms with Crippen LogP contribution in [0.3, 0.4) is 0 Å². The Morgan fingerprint density at radius 2 is 1.54 bits per heavy atom. The summed E-state index contributed by atoms with van der Waals surface area (Å²) in [7, 11) is 0. The molecule has 0 aromatic carbocycles. The molecule has 1 fully saturated rings. The summed E-state index contributed by atoms with van der Waals surface area (Å²) in [5.41, 5.74) is 0. The zero-order valence-electron chi connectivity index (χ0n) is 15.3. The van der Waals surface area contributed by atoms with Crippen LogP contribution in [-0.2, 0) is 9.59 Å². The number of carbonyl (C=O) groups is 2. The second kappa shape index (κ2) is 12.5. The fourth-order valence-electron chi connectivity index (χ4n) is 4.01. The largest absolute Gasteiger partial charge is 0.481 e. The maximum atomic E-state index is 12.4. The molecule has 0 heterocycles. The lowest BCUT2D eigenvalue weighted by Gasteiger charge is -2.18. The standard InChI is InChI=1S/C20H36O4/c1-2-3-4-5-6-9-12-16-15-18(20(23)24)19(22)17(16)13-10-7-8-11-14-21/h16-18,21H,2-15H2,1H3,(H,23,24)/t16-,17+,18?/m0/s1. The van der Waals surface area contributed by atoms with E-state index in [-0.39, 0.29) is 24.2 Å². The quantitative estimate of drug-likeness (QED) is 0.358. The van der Waals surface area contributed by atoms with E-state index in [9.17, 15) is 14.7 Å². The zero-order valence-corrected chi connectivity index (χ0v) is 15.3. The molecule has 0 amide bonds. The minimum Gasteiger partial charge on any atom is -0.481 e. The average Bonchev–Trinajstić information content (AvgIpc) is 2.87. The number of carbonyl (C=O) groups excluding carboxylic acids is 1. The number of aliphatic hydroxyl groups is 1. The highest BCUT2D eigenvalue weighted by molar-refractivity contribution is 6.01. The fraction of sp³-hybridized carbons (Fsp3) is 0.900. The molecule has 4 heteroatoms. The maximum Gasteiger partial charge on any atom is 0.314 e. The van der Waals surface area contributed by atoms with E-state index in [0.717, 1.165) is 44.9 Å². The van der Waals surface area contributed by atoms with Crippen molar-refractivity contribution in [2.75, 3.05) is 6.61 Å². The van der Waals surface area contributed by atoms with Crippen LogP contribution in [0.1, 0.15) is 90.4 Å². The molecular formula is C20H36O4. The first-order chi connectivity index (χ1) is 11.6. The van der Waals surface area contributed by atoms with Gasteiger partial charge in [-0.3, -0.25) is 9.59 Å². The van der Waals surface area contributed by atoms with Crippen molar-refractivity contribution in [3.63, 3.8) is 0 Å². The van der Waals surface area contributed by atoms with Gasteiger partial charge in [-0.1, -0.05) is 64.7 Å². The van der Waals surface area contributed by atoms with Crippen LogP contribution in [0.2, 0.25) is 0 Å². The molecule has 0 spiro atoms. The number of Topliss-reactive ketones (excluding diaryl/α,β-unsaturated/α-hetero) is 1. The lowest BCUT2D eigenvalue weighted by Crippen LogP contribution is -2.22. The van der Waals surface area contributed by atoms with E-state index in [1.165, 1.54) is 32.1 Å². The third kappa shape index (κ3) is 7.33. The number of hydrogen-bond acceptors (Lipinski definition) is 3. The first-order valence-corrected chi connectivity index (χ1v) is 9.99. The molecule has 0 bridgehead atoms. The Labute approximate surface area is 147 Å². The molecule has 140 valence electrons. The summed E-state index contributed by atoms with van der Waals surface area (Å²) in [6, 6.07) is 0. The van der Waals surface area contributed by atoms with E-state index in [4.69, 9.17) is 5.11 Å². The Balaban J connectivity index is 2.39. The van der Waals surface area contributed by atoms with Crippen LogP contribution in [0.5, 0.6) is 0 Å². The Hall–Kier alpha value is -0.900. The second-order valence-corrected chi connectivity index (χ2v) is 7.38. The number of aliphatic carboxylic acids is 1. The Morgan fingerprint density at radius 1 is 0.958 bits per heavy atom. The van der Waals surface area contributed by atoms with Gasteiger partial charge in [-0.05, 0) is 31.6 Å². The van der Waals surface area contributed by atoms with Gasteiger partial charge in [0.25, 0.3) is 0 Å². The summed E-state index contributed by atoms with van der Waals surface area (Å²) in [5, 5.41) is 18.1. The van der Waals surface area contributed by atoms with Crippen molar-refractivity contribution in [3.8, 4) is 0 Å². The van der Waals surface area contributed by atoms with Crippen LogP contribution >= 0.6 is 0 Å². The molecule has 0 aromatic rings. The van der Waals surface area contributed by atoms with Gasteiger partial charge in [0.05, 0.1) is 0 Å². The van der Waals surface area contributed by atoms with Gasteiger partial charge in [0.2, 0.25) is 0 Å². The summed E-state index contributed by atoms with van der Waals surface area (Å²) < 4.78 is 0. The first kappa shape index (κ1) is 21.1. The molecule has 3 atom stereocenters. The van der Waals surface area contributed by atoms with Crippen LogP contribution < -0.4 is 0 Å². The predicted octanol–water partition coefficient (Wildman–Crippen LogP) is 4.59. The molecule has 1 rings (SSSR count). The Morgan fingerprint density at radius 3 is 2.17 bits per heavy atom. The van der Waals surface area contributed by atoms with Crippen LogP contribution in [0, 0.1) is 17.8 Å². The molecule has 0 aliphatic heterocycles. The van der Waals surface area contributed by atoms with Crippen molar-refractivity contribution in [1.29, 1.82) is 0 Å². The molecule has 1 unspecified atom stereocenters. The SMILES string of the molecule is CCCCCCCC[C@H]1CC(C(=O)O)C(=O)[C@@H]1CCCCCCO. The van der Waals surface area contributed by atoms with E-state index >= 15 is 0 Å². The van der Waals surface area contributed by atoms with Crippen LogP contribution in [0.15, 0.2) is 0 Å². The highest BCUT2D eigenvalue weighted by atomic mass is 16.4. The van der Waals surface area contributed by atoms with Crippen molar-refractivity contribution in [2.45, 2.75) is 90.4 Å². The third-order valence-electron chi connectivity index (χ3n) is 5.47. The zero-order chi connectivity index (χ0) is 17.8. The van der Waals surface area contributed by atoms with Crippen molar-refractivity contribution in [1.82, 2.24) is 0 Å². The normalized spacial score (nSPS) is 23.8. The smallest absolute Gasteiger partial charge is 0.314 e. The summed E-state index contributed by atoms with van der Waals surface area (Å²) in [4.78, 5) is 23.7. The Kier molecular flexibility index (Phi) is 11.0. The monoisotopic (exact) mass is 340 g/mol. The molecule has 1 aliphatic rings. The minimum atomic E-state index is -0.935. The molecular weight excluding hydrogens is 304 g/mol. The van der Waals surface area contributed by atoms with Gasteiger partial charge in [0, 0.05) is 12.5 Å². The molecule has 4 nitrogen and oxygen atoms in total. The van der Waals surface area contributed by atoms with Crippen LogP contribution in [0.4, 0.5) is 0 Å². The van der Waals surface area contributed by atoms with Crippen molar-refractivity contribution in [3.05, 3.63) is 0 Å². The molecule has 1 saturated carbocycles. The molecule has 24 heavy (non-hydrogen) atoms. The van der Waals surface area contributed by atoms with Crippen molar-refractivity contribution in [2.24, 2.45) is 17.8 Å². The summed E-state index contributed by atoms with van der Waals surface area (Å²) in [6.07, 6.45) is 13.6. The number of aliphatic hydroxyl groups excluding tert-OH is 1. The van der Waals surface area contributed by atoms with Gasteiger partial charge >= 0.3 is 5.97 Å².